The molecule has 1 heterocycles. The quantitative estimate of drug-likeness (QED) is 0.850. The summed E-state index contributed by atoms with van der Waals surface area (Å²) in [4.78, 5) is 12.1. The van der Waals surface area contributed by atoms with Crippen molar-refractivity contribution < 1.29 is 14.6 Å². The Hall–Kier alpha value is -2.39. The van der Waals surface area contributed by atoms with Gasteiger partial charge < -0.3 is 9.84 Å². The standard InChI is InChI=1S/C17H14O3/c18-14-11-20-15-8-4-7-13(16(15)17(14)19)10-9-12-5-2-1-3-6-12/h1-10,14,18H,11H2. The van der Waals surface area contributed by atoms with E-state index in [1.165, 1.54) is 0 Å². The monoisotopic (exact) mass is 266 g/mol. The molecule has 20 heavy (non-hydrogen) atoms. The minimum Gasteiger partial charge on any atom is -0.490 e. The fraction of sp³-hybridized carbons (Fsp3) is 0.118. The highest BCUT2D eigenvalue weighted by Crippen LogP contribution is 2.29. The van der Waals surface area contributed by atoms with Gasteiger partial charge in [-0.05, 0) is 17.2 Å². The average Bonchev–Trinajstić information content (AvgIpc) is 2.50. The summed E-state index contributed by atoms with van der Waals surface area (Å²) in [5.74, 6) is 0.259. The number of hydrogen-bond donors (Lipinski definition) is 1. The minimum absolute atomic E-state index is 0.0255. The SMILES string of the molecule is O=C1c2c(C=Cc3ccccc3)cccc2OCC1O. The predicted octanol–water partition coefficient (Wildman–Crippen LogP) is 2.79. The molecule has 100 valence electrons. The summed E-state index contributed by atoms with van der Waals surface area (Å²) in [5.41, 5.74) is 2.27. The molecule has 1 atom stereocenters. The molecule has 0 bridgehead atoms. The Bertz CT molecular complexity index is 659. The Morgan fingerprint density at radius 3 is 2.65 bits per heavy atom. The fourth-order valence-corrected chi connectivity index (χ4v) is 2.23. The fourth-order valence-electron chi connectivity index (χ4n) is 2.23. The van der Waals surface area contributed by atoms with Gasteiger partial charge in [0.15, 0.2) is 11.9 Å². The summed E-state index contributed by atoms with van der Waals surface area (Å²) in [7, 11) is 0. The van der Waals surface area contributed by atoms with Crippen molar-refractivity contribution in [3.63, 3.8) is 0 Å². The Kier molecular flexibility index (Phi) is 3.35. The van der Waals surface area contributed by atoms with Crippen molar-refractivity contribution in [2.45, 2.75) is 6.10 Å². The first-order valence-corrected chi connectivity index (χ1v) is 6.47. The molecule has 3 rings (SSSR count). The second-order valence-corrected chi connectivity index (χ2v) is 4.66. The number of ketones is 1. The smallest absolute Gasteiger partial charge is 0.199 e. The number of aliphatic hydroxyl groups is 1. The van der Waals surface area contributed by atoms with E-state index in [1.54, 1.807) is 6.07 Å². The van der Waals surface area contributed by atoms with Crippen LogP contribution in [0.5, 0.6) is 5.75 Å². The number of aliphatic hydroxyl groups excluding tert-OH is 1. The lowest BCUT2D eigenvalue weighted by atomic mass is 9.96. The van der Waals surface area contributed by atoms with Gasteiger partial charge in [-0.2, -0.15) is 0 Å². The maximum absolute atomic E-state index is 12.1. The van der Waals surface area contributed by atoms with Crippen LogP contribution < -0.4 is 4.74 Å². The summed E-state index contributed by atoms with van der Waals surface area (Å²) < 4.78 is 5.39. The summed E-state index contributed by atoms with van der Waals surface area (Å²) >= 11 is 0. The van der Waals surface area contributed by atoms with Gasteiger partial charge in [0.2, 0.25) is 0 Å². The molecule has 0 fully saturated rings. The minimum atomic E-state index is -1.08. The molecule has 1 N–H and O–H groups in total. The summed E-state index contributed by atoms with van der Waals surface area (Å²) in [5, 5.41) is 9.64. The van der Waals surface area contributed by atoms with E-state index in [0.717, 1.165) is 11.1 Å². The molecule has 0 amide bonds. The normalized spacial score (nSPS) is 17.9. The van der Waals surface area contributed by atoms with Crippen molar-refractivity contribution in [1.82, 2.24) is 0 Å². The van der Waals surface area contributed by atoms with Crippen LogP contribution in [0.15, 0.2) is 48.5 Å². The predicted molar refractivity (Wildman–Crippen MR) is 77.6 cm³/mol. The Balaban J connectivity index is 1.99. The molecular formula is C17H14O3. The lowest BCUT2D eigenvalue weighted by molar-refractivity contribution is 0.0558. The van der Waals surface area contributed by atoms with E-state index in [9.17, 15) is 9.90 Å². The van der Waals surface area contributed by atoms with Crippen LogP contribution in [0, 0.1) is 0 Å². The van der Waals surface area contributed by atoms with Gasteiger partial charge in [0.1, 0.15) is 12.4 Å². The summed E-state index contributed by atoms with van der Waals surface area (Å²) in [6.07, 6.45) is 2.73. The molecule has 1 aliphatic heterocycles. The number of hydrogen-bond acceptors (Lipinski definition) is 3. The van der Waals surface area contributed by atoms with E-state index in [1.807, 2.05) is 54.6 Å². The second-order valence-electron chi connectivity index (χ2n) is 4.66. The molecule has 2 aromatic carbocycles. The highest BCUT2D eigenvalue weighted by Gasteiger charge is 2.28. The number of fused-ring (bicyclic) bond motifs is 1. The van der Waals surface area contributed by atoms with Crippen LogP contribution >= 0.6 is 0 Å². The van der Waals surface area contributed by atoms with Gasteiger partial charge in [0.25, 0.3) is 0 Å². The molecular weight excluding hydrogens is 252 g/mol. The highest BCUT2D eigenvalue weighted by molar-refractivity contribution is 6.06. The van der Waals surface area contributed by atoms with E-state index >= 15 is 0 Å². The van der Waals surface area contributed by atoms with E-state index < -0.39 is 6.10 Å². The Labute approximate surface area is 117 Å². The molecule has 0 saturated carbocycles. The molecule has 1 aliphatic rings. The first-order valence-electron chi connectivity index (χ1n) is 6.47. The van der Waals surface area contributed by atoms with Crippen LogP contribution in [-0.2, 0) is 0 Å². The molecule has 0 saturated heterocycles. The lowest BCUT2D eigenvalue weighted by Gasteiger charge is -2.21. The van der Waals surface area contributed by atoms with Crippen LogP contribution in [0.4, 0.5) is 0 Å². The second kappa shape index (κ2) is 5.31. The highest BCUT2D eigenvalue weighted by atomic mass is 16.5. The van der Waals surface area contributed by atoms with Gasteiger partial charge in [0.05, 0.1) is 5.56 Å². The number of carbonyl (C=O) groups is 1. The van der Waals surface area contributed by atoms with Crippen LogP contribution in [-0.4, -0.2) is 23.6 Å². The van der Waals surface area contributed by atoms with Crippen molar-refractivity contribution in [2.24, 2.45) is 0 Å². The van der Waals surface area contributed by atoms with Gasteiger partial charge in [-0.15, -0.1) is 0 Å². The van der Waals surface area contributed by atoms with E-state index in [0.29, 0.717) is 11.3 Å². The molecule has 0 aromatic heterocycles. The third kappa shape index (κ3) is 2.36. The van der Waals surface area contributed by atoms with Gasteiger partial charge in [0, 0.05) is 0 Å². The topological polar surface area (TPSA) is 46.5 Å². The molecule has 0 aliphatic carbocycles. The van der Waals surface area contributed by atoms with Crippen LogP contribution in [0.3, 0.4) is 0 Å². The zero-order valence-corrected chi connectivity index (χ0v) is 10.8. The van der Waals surface area contributed by atoms with Crippen LogP contribution in [0.25, 0.3) is 12.2 Å². The van der Waals surface area contributed by atoms with Gasteiger partial charge in [-0.1, -0.05) is 54.6 Å². The maximum atomic E-state index is 12.1. The molecule has 0 radical (unpaired) electrons. The van der Waals surface area contributed by atoms with Crippen molar-refractivity contribution in [3.8, 4) is 5.75 Å². The van der Waals surface area contributed by atoms with Gasteiger partial charge in [-0.3, -0.25) is 4.79 Å². The number of carbonyl (C=O) groups excluding carboxylic acids is 1. The number of benzene rings is 2. The number of ether oxygens (including phenoxy) is 1. The first-order chi connectivity index (χ1) is 9.75. The van der Waals surface area contributed by atoms with Crippen LogP contribution in [0.1, 0.15) is 21.5 Å². The average molecular weight is 266 g/mol. The number of Topliss-reactive ketones (excluding diaryl/α,β-unsaturated/α-hetero) is 1. The molecule has 2 aromatic rings. The number of rotatable bonds is 2. The largest absolute Gasteiger partial charge is 0.490 e. The van der Waals surface area contributed by atoms with Crippen molar-refractivity contribution in [2.75, 3.05) is 6.61 Å². The van der Waals surface area contributed by atoms with E-state index in [2.05, 4.69) is 0 Å². The summed E-state index contributed by atoms with van der Waals surface area (Å²) in [6, 6.07) is 15.3. The summed E-state index contributed by atoms with van der Waals surface area (Å²) in [6.45, 7) is 0.0255. The molecule has 3 heteroatoms. The first kappa shape index (κ1) is 12.6. The molecule has 0 spiro atoms. The van der Waals surface area contributed by atoms with Crippen molar-refractivity contribution >= 4 is 17.9 Å². The van der Waals surface area contributed by atoms with Gasteiger partial charge in [-0.25, -0.2) is 0 Å². The van der Waals surface area contributed by atoms with E-state index in [-0.39, 0.29) is 12.4 Å². The lowest BCUT2D eigenvalue weighted by Crippen LogP contribution is -2.33. The third-order valence-electron chi connectivity index (χ3n) is 3.26. The Morgan fingerprint density at radius 2 is 1.85 bits per heavy atom. The third-order valence-corrected chi connectivity index (χ3v) is 3.26. The van der Waals surface area contributed by atoms with Gasteiger partial charge >= 0.3 is 0 Å². The molecule has 1 unspecified atom stereocenters. The maximum Gasteiger partial charge on any atom is 0.199 e. The zero-order chi connectivity index (χ0) is 13.9. The zero-order valence-electron chi connectivity index (χ0n) is 10.8. The molecule has 3 nitrogen and oxygen atoms in total. The van der Waals surface area contributed by atoms with Crippen LogP contribution in [0.2, 0.25) is 0 Å². The Morgan fingerprint density at radius 1 is 1.05 bits per heavy atom. The van der Waals surface area contributed by atoms with Crippen molar-refractivity contribution in [3.05, 3.63) is 65.2 Å². The van der Waals surface area contributed by atoms with Crippen molar-refractivity contribution in [1.29, 1.82) is 0 Å². The van der Waals surface area contributed by atoms with E-state index in [4.69, 9.17) is 4.74 Å².